The molecular formula is C11H18N4O2S. The standard InChI is InChI=1S/C11H18N4O2S/c1-11(2,3)8-12-9(14-13-8)18-7-5-15-4-6-17-10(15)16/h4-7H2,1-3H3,(H,12,13,14). The molecule has 2 rings (SSSR count). The van der Waals surface area contributed by atoms with Crippen LogP contribution < -0.4 is 0 Å². The van der Waals surface area contributed by atoms with Crippen LogP contribution in [0.2, 0.25) is 0 Å². The zero-order chi connectivity index (χ0) is 13.2. The van der Waals surface area contributed by atoms with E-state index in [1.165, 1.54) is 0 Å². The van der Waals surface area contributed by atoms with E-state index in [2.05, 4.69) is 36.0 Å². The Morgan fingerprint density at radius 2 is 2.28 bits per heavy atom. The van der Waals surface area contributed by atoms with E-state index in [4.69, 9.17) is 4.74 Å². The lowest BCUT2D eigenvalue weighted by atomic mass is 9.96. The van der Waals surface area contributed by atoms with Crippen LogP contribution in [-0.2, 0) is 10.2 Å². The van der Waals surface area contributed by atoms with Crippen molar-refractivity contribution in [2.24, 2.45) is 0 Å². The van der Waals surface area contributed by atoms with Crippen molar-refractivity contribution < 1.29 is 9.53 Å². The van der Waals surface area contributed by atoms with Crippen molar-refractivity contribution in [3.05, 3.63) is 5.82 Å². The third-order valence-corrected chi connectivity index (χ3v) is 3.44. The third-order valence-electron chi connectivity index (χ3n) is 2.61. The number of nitrogens with one attached hydrogen (secondary N) is 1. The van der Waals surface area contributed by atoms with Crippen LogP contribution in [0.5, 0.6) is 0 Å². The van der Waals surface area contributed by atoms with Gasteiger partial charge in [-0.3, -0.25) is 5.10 Å². The zero-order valence-electron chi connectivity index (χ0n) is 10.9. The summed E-state index contributed by atoms with van der Waals surface area (Å²) in [4.78, 5) is 17.3. The number of aromatic amines is 1. The highest BCUT2D eigenvalue weighted by atomic mass is 32.2. The molecule has 18 heavy (non-hydrogen) atoms. The highest BCUT2D eigenvalue weighted by molar-refractivity contribution is 7.99. The second-order valence-corrected chi connectivity index (χ2v) is 6.23. The Bertz CT molecular complexity index is 427. The van der Waals surface area contributed by atoms with Crippen LogP contribution in [0.15, 0.2) is 5.16 Å². The Labute approximate surface area is 110 Å². The monoisotopic (exact) mass is 270 g/mol. The van der Waals surface area contributed by atoms with E-state index < -0.39 is 0 Å². The lowest BCUT2D eigenvalue weighted by Crippen LogP contribution is -2.26. The quantitative estimate of drug-likeness (QED) is 0.842. The van der Waals surface area contributed by atoms with Crippen LogP contribution in [0.4, 0.5) is 4.79 Å². The summed E-state index contributed by atoms with van der Waals surface area (Å²) in [5.74, 6) is 1.65. The highest BCUT2D eigenvalue weighted by Gasteiger charge is 2.22. The van der Waals surface area contributed by atoms with Gasteiger partial charge in [0.15, 0.2) is 0 Å². The van der Waals surface area contributed by atoms with Gasteiger partial charge in [-0.2, -0.15) is 0 Å². The van der Waals surface area contributed by atoms with Gasteiger partial charge in [-0.1, -0.05) is 32.5 Å². The molecule has 1 N–H and O–H groups in total. The number of nitrogens with zero attached hydrogens (tertiary/aromatic N) is 3. The first-order valence-electron chi connectivity index (χ1n) is 5.94. The summed E-state index contributed by atoms with van der Waals surface area (Å²) in [7, 11) is 0. The fourth-order valence-electron chi connectivity index (χ4n) is 1.52. The molecule has 1 aromatic heterocycles. The molecule has 0 radical (unpaired) electrons. The molecule has 1 saturated heterocycles. The van der Waals surface area contributed by atoms with Gasteiger partial charge in [0, 0.05) is 17.7 Å². The fraction of sp³-hybridized carbons (Fsp3) is 0.727. The van der Waals surface area contributed by atoms with E-state index in [1.54, 1.807) is 16.7 Å². The smallest absolute Gasteiger partial charge is 0.409 e. The Morgan fingerprint density at radius 3 is 2.83 bits per heavy atom. The molecule has 1 aliphatic heterocycles. The van der Waals surface area contributed by atoms with E-state index in [9.17, 15) is 4.79 Å². The molecule has 0 aliphatic carbocycles. The molecule has 0 bridgehead atoms. The molecule has 0 aromatic carbocycles. The summed E-state index contributed by atoms with van der Waals surface area (Å²) < 4.78 is 4.86. The van der Waals surface area contributed by atoms with E-state index in [1.807, 2.05) is 0 Å². The molecule has 1 aromatic rings. The van der Waals surface area contributed by atoms with E-state index in [-0.39, 0.29) is 11.5 Å². The number of cyclic esters (lactones) is 1. The normalized spacial score (nSPS) is 16.2. The highest BCUT2D eigenvalue weighted by Crippen LogP contribution is 2.21. The van der Waals surface area contributed by atoms with Crippen molar-refractivity contribution in [1.29, 1.82) is 0 Å². The average Bonchev–Trinajstić information content (AvgIpc) is 2.88. The fourth-order valence-corrected chi connectivity index (χ4v) is 2.28. The number of carbonyl (C=O) groups excluding carboxylic acids is 1. The maximum Gasteiger partial charge on any atom is 0.409 e. The van der Waals surface area contributed by atoms with Crippen LogP contribution in [-0.4, -0.2) is 51.6 Å². The van der Waals surface area contributed by atoms with Gasteiger partial charge in [0.1, 0.15) is 12.4 Å². The average molecular weight is 270 g/mol. The van der Waals surface area contributed by atoms with Gasteiger partial charge in [-0.15, -0.1) is 5.10 Å². The summed E-state index contributed by atoms with van der Waals surface area (Å²) >= 11 is 1.54. The number of hydrogen-bond acceptors (Lipinski definition) is 5. The molecule has 6 nitrogen and oxygen atoms in total. The first-order chi connectivity index (χ1) is 8.47. The van der Waals surface area contributed by atoms with Crippen LogP contribution in [0.1, 0.15) is 26.6 Å². The minimum Gasteiger partial charge on any atom is -0.448 e. The van der Waals surface area contributed by atoms with Gasteiger partial charge in [-0.25, -0.2) is 9.78 Å². The molecule has 0 saturated carbocycles. The predicted octanol–water partition coefficient (Wildman–Crippen LogP) is 1.65. The van der Waals surface area contributed by atoms with Crippen molar-refractivity contribution in [1.82, 2.24) is 20.1 Å². The predicted molar refractivity (Wildman–Crippen MR) is 68.7 cm³/mol. The molecule has 1 amide bonds. The van der Waals surface area contributed by atoms with Crippen LogP contribution >= 0.6 is 11.8 Å². The lowest BCUT2D eigenvalue weighted by molar-refractivity contribution is 0.160. The summed E-state index contributed by atoms with van der Waals surface area (Å²) in [6, 6.07) is 0. The number of hydrogen-bond donors (Lipinski definition) is 1. The second kappa shape index (κ2) is 5.17. The minimum atomic E-state index is -0.221. The van der Waals surface area contributed by atoms with Crippen molar-refractivity contribution in [3.8, 4) is 0 Å². The molecule has 1 aliphatic rings. The van der Waals surface area contributed by atoms with Gasteiger partial charge in [0.2, 0.25) is 5.16 Å². The van der Waals surface area contributed by atoms with Crippen molar-refractivity contribution in [3.63, 3.8) is 0 Å². The van der Waals surface area contributed by atoms with Crippen molar-refractivity contribution >= 4 is 17.9 Å². The molecule has 1 fully saturated rings. The first kappa shape index (κ1) is 13.2. The van der Waals surface area contributed by atoms with Crippen LogP contribution in [0.3, 0.4) is 0 Å². The van der Waals surface area contributed by atoms with E-state index >= 15 is 0 Å². The number of H-pyrrole nitrogens is 1. The SMILES string of the molecule is CC(C)(C)c1nc(SCCN2CCOC2=O)n[nH]1. The molecule has 2 heterocycles. The Morgan fingerprint density at radius 1 is 1.50 bits per heavy atom. The van der Waals surface area contributed by atoms with Gasteiger partial charge in [0.25, 0.3) is 0 Å². The maximum atomic E-state index is 11.2. The Balaban J connectivity index is 1.80. The van der Waals surface area contributed by atoms with Gasteiger partial charge >= 0.3 is 6.09 Å². The number of aromatic nitrogens is 3. The molecule has 100 valence electrons. The molecule has 0 spiro atoms. The van der Waals surface area contributed by atoms with E-state index in [0.717, 1.165) is 16.7 Å². The van der Waals surface area contributed by atoms with Gasteiger partial charge in [-0.05, 0) is 0 Å². The number of thioether (sulfide) groups is 1. The topological polar surface area (TPSA) is 71.1 Å². The largest absolute Gasteiger partial charge is 0.448 e. The number of ether oxygens (including phenoxy) is 1. The van der Waals surface area contributed by atoms with Gasteiger partial charge in [0.05, 0.1) is 6.54 Å². The lowest BCUT2D eigenvalue weighted by Gasteiger charge is -2.13. The summed E-state index contributed by atoms with van der Waals surface area (Å²) in [6.07, 6.45) is -0.221. The van der Waals surface area contributed by atoms with Crippen molar-refractivity contribution in [2.75, 3.05) is 25.4 Å². The Hall–Kier alpha value is -1.24. The third kappa shape index (κ3) is 3.16. The molecule has 0 atom stereocenters. The van der Waals surface area contributed by atoms with Crippen molar-refractivity contribution in [2.45, 2.75) is 31.3 Å². The van der Waals surface area contributed by atoms with E-state index in [0.29, 0.717) is 19.7 Å². The van der Waals surface area contributed by atoms with Crippen LogP contribution in [0, 0.1) is 0 Å². The van der Waals surface area contributed by atoms with Gasteiger partial charge < -0.3 is 9.64 Å². The first-order valence-corrected chi connectivity index (χ1v) is 6.93. The molecule has 7 heteroatoms. The zero-order valence-corrected chi connectivity index (χ0v) is 11.7. The summed E-state index contributed by atoms with van der Waals surface area (Å²) in [5.41, 5.74) is -0.0232. The van der Waals surface area contributed by atoms with Crippen LogP contribution in [0.25, 0.3) is 0 Å². The summed E-state index contributed by atoms with van der Waals surface area (Å²) in [6.45, 7) is 8.11. The maximum absolute atomic E-state index is 11.2. The number of carbonyl (C=O) groups is 1. The number of amides is 1. The summed E-state index contributed by atoms with van der Waals surface area (Å²) in [5, 5.41) is 7.83. The Kier molecular flexibility index (Phi) is 3.79. The minimum absolute atomic E-state index is 0.0232. The second-order valence-electron chi connectivity index (χ2n) is 5.17. The molecule has 0 unspecified atom stereocenters. The number of rotatable bonds is 4. The molecular weight excluding hydrogens is 252 g/mol.